The van der Waals surface area contributed by atoms with Gasteiger partial charge in [0.15, 0.2) is 0 Å². The van der Waals surface area contributed by atoms with Crippen LogP contribution in [0.15, 0.2) is 35.4 Å². The molecule has 1 saturated heterocycles. The van der Waals surface area contributed by atoms with Gasteiger partial charge in [0.1, 0.15) is 5.82 Å². The predicted molar refractivity (Wildman–Crippen MR) is 87.8 cm³/mol. The molecule has 0 saturated carbocycles. The minimum absolute atomic E-state index is 0.0411. The van der Waals surface area contributed by atoms with Crippen LogP contribution in [0, 0.1) is 5.92 Å². The van der Waals surface area contributed by atoms with E-state index in [1.54, 1.807) is 29.9 Å². The van der Waals surface area contributed by atoms with Gasteiger partial charge in [0.05, 0.1) is 12.1 Å². The molecule has 1 unspecified atom stereocenters. The molecule has 116 valence electrons. The molecule has 3 rings (SSSR count). The van der Waals surface area contributed by atoms with E-state index in [9.17, 15) is 4.79 Å². The summed E-state index contributed by atoms with van der Waals surface area (Å²) in [6.45, 7) is 2.35. The van der Waals surface area contributed by atoms with E-state index in [0.29, 0.717) is 6.54 Å². The Kier molecular flexibility index (Phi) is 4.68. The molecule has 0 aromatic carbocycles. The summed E-state index contributed by atoms with van der Waals surface area (Å²) in [6, 6.07) is 2.07. The number of carbonyl (C=O) groups is 1. The molecule has 5 nitrogen and oxygen atoms in total. The molecule has 0 radical (unpaired) electrons. The highest BCUT2D eigenvalue weighted by atomic mass is 32.1. The lowest BCUT2D eigenvalue weighted by molar-refractivity contribution is -0.135. The molecule has 2 aromatic rings. The van der Waals surface area contributed by atoms with Crippen molar-refractivity contribution in [3.05, 3.63) is 41.0 Å². The fourth-order valence-electron chi connectivity index (χ4n) is 2.89. The first-order valence-electron chi connectivity index (χ1n) is 7.51. The second-order valence-electron chi connectivity index (χ2n) is 5.67. The SMILES string of the molecule is CN(Cc1ccsc1)C(=O)C1CCCN(c2cnccn2)C1. The van der Waals surface area contributed by atoms with Gasteiger partial charge >= 0.3 is 0 Å². The van der Waals surface area contributed by atoms with E-state index in [1.807, 2.05) is 17.3 Å². The standard InChI is InChI=1S/C16H20N4OS/c1-19(10-13-4-8-22-12-13)16(21)14-3-2-7-20(11-14)15-9-17-5-6-18-15/h4-6,8-9,12,14H,2-3,7,10-11H2,1H3. The number of carbonyl (C=O) groups excluding carboxylic acids is 1. The van der Waals surface area contributed by atoms with Crippen LogP contribution < -0.4 is 4.90 Å². The summed E-state index contributed by atoms with van der Waals surface area (Å²) in [4.78, 5) is 25.1. The zero-order valence-electron chi connectivity index (χ0n) is 12.7. The third kappa shape index (κ3) is 3.44. The minimum Gasteiger partial charge on any atom is -0.355 e. The monoisotopic (exact) mass is 316 g/mol. The van der Waals surface area contributed by atoms with Crippen LogP contribution in [0.5, 0.6) is 0 Å². The Morgan fingerprint density at radius 2 is 2.41 bits per heavy atom. The topological polar surface area (TPSA) is 49.3 Å². The number of rotatable bonds is 4. The van der Waals surface area contributed by atoms with Crippen molar-refractivity contribution in [1.29, 1.82) is 0 Å². The van der Waals surface area contributed by atoms with Gasteiger partial charge in [-0.25, -0.2) is 4.98 Å². The van der Waals surface area contributed by atoms with Crippen LogP contribution in [0.1, 0.15) is 18.4 Å². The van der Waals surface area contributed by atoms with Gasteiger partial charge in [-0.2, -0.15) is 11.3 Å². The number of nitrogens with zero attached hydrogens (tertiary/aromatic N) is 4. The van der Waals surface area contributed by atoms with Gasteiger partial charge < -0.3 is 9.80 Å². The Morgan fingerprint density at radius 1 is 1.50 bits per heavy atom. The van der Waals surface area contributed by atoms with E-state index in [4.69, 9.17) is 0 Å². The van der Waals surface area contributed by atoms with Gasteiger partial charge in [-0.1, -0.05) is 0 Å². The molecule has 1 atom stereocenters. The van der Waals surface area contributed by atoms with Crippen molar-refractivity contribution in [2.24, 2.45) is 5.92 Å². The van der Waals surface area contributed by atoms with Crippen molar-refractivity contribution in [3.8, 4) is 0 Å². The highest BCUT2D eigenvalue weighted by Gasteiger charge is 2.28. The lowest BCUT2D eigenvalue weighted by Crippen LogP contribution is -2.43. The van der Waals surface area contributed by atoms with E-state index in [2.05, 4.69) is 26.3 Å². The van der Waals surface area contributed by atoms with Crippen molar-refractivity contribution in [2.75, 3.05) is 25.0 Å². The number of amides is 1. The zero-order chi connectivity index (χ0) is 15.4. The fourth-order valence-corrected chi connectivity index (χ4v) is 3.55. The summed E-state index contributed by atoms with van der Waals surface area (Å²) >= 11 is 1.67. The number of thiophene rings is 1. The molecule has 1 fully saturated rings. The normalized spacial score (nSPS) is 18.2. The summed E-state index contributed by atoms with van der Waals surface area (Å²) in [7, 11) is 1.89. The predicted octanol–water partition coefficient (Wildman–Crippen LogP) is 2.41. The van der Waals surface area contributed by atoms with E-state index in [-0.39, 0.29) is 11.8 Å². The average Bonchev–Trinajstić information content (AvgIpc) is 3.08. The summed E-state index contributed by atoms with van der Waals surface area (Å²) in [6.07, 6.45) is 7.10. The molecular weight excluding hydrogens is 296 g/mol. The summed E-state index contributed by atoms with van der Waals surface area (Å²) in [5.74, 6) is 1.12. The maximum absolute atomic E-state index is 12.7. The molecule has 0 aliphatic carbocycles. The van der Waals surface area contributed by atoms with Crippen LogP contribution >= 0.6 is 11.3 Å². The Bertz CT molecular complexity index is 602. The van der Waals surface area contributed by atoms with Gasteiger partial charge in [0.2, 0.25) is 5.91 Å². The van der Waals surface area contributed by atoms with Crippen molar-refractivity contribution < 1.29 is 4.79 Å². The number of aromatic nitrogens is 2. The van der Waals surface area contributed by atoms with Crippen molar-refractivity contribution in [2.45, 2.75) is 19.4 Å². The summed E-state index contributed by atoms with van der Waals surface area (Å²) in [5.41, 5.74) is 1.20. The van der Waals surface area contributed by atoms with E-state index in [0.717, 1.165) is 31.7 Å². The first-order chi connectivity index (χ1) is 10.7. The summed E-state index contributed by atoms with van der Waals surface area (Å²) < 4.78 is 0. The molecule has 1 aliphatic heterocycles. The van der Waals surface area contributed by atoms with Crippen LogP contribution in [-0.2, 0) is 11.3 Å². The van der Waals surface area contributed by atoms with Crippen LogP contribution in [0.25, 0.3) is 0 Å². The number of hydrogen-bond donors (Lipinski definition) is 0. The molecule has 6 heteroatoms. The lowest BCUT2D eigenvalue weighted by atomic mass is 9.96. The largest absolute Gasteiger partial charge is 0.355 e. The van der Waals surface area contributed by atoms with Gasteiger partial charge in [0, 0.05) is 39.1 Å². The van der Waals surface area contributed by atoms with Gasteiger partial charge in [-0.15, -0.1) is 0 Å². The molecule has 0 spiro atoms. The molecule has 22 heavy (non-hydrogen) atoms. The van der Waals surface area contributed by atoms with Crippen molar-refractivity contribution in [3.63, 3.8) is 0 Å². The molecule has 1 amide bonds. The molecule has 3 heterocycles. The Morgan fingerprint density at radius 3 is 3.14 bits per heavy atom. The van der Waals surface area contributed by atoms with E-state index >= 15 is 0 Å². The lowest BCUT2D eigenvalue weighted by Gasteiger charge is -2.34. The van der Waals surface area contributed by atoms with Crippen molar-refractivity contribution in [1.82, 2.24) is 14.9 Å². The first kappa shape index (κ1) is 15.0. The third-order valence-electron chi connectivity index (χ3n) is 4.02. The molecule has 0 N–H and O–H groups in total. The van der Waals surface area contributed by atoms with Gasteiger partial charge in [0.25, 0.3) is 0 Å². The maximum atomic E-state index is 12.7. The highest BCUT2D eigenvalue weighted by molar-refractivity contribution is 7.07. The quantitative estimate of drug-likeness (QED) is 0.869. The maximum Gasteiger partial charge on any atom is 0.227 e. The second kappa shape index (κ2) is 6.87. The Balaban J connectivity index is 1.62. The number of piperidine rings is 1. The van der Waals surface area contributed by atoms with Gasteiger partial charge in [-0.3, -0.25) is 9.78 Å². The van der Waals surface area contributed by atoms with Crippen molar-refractivity contribution >= 4 is 23.1 Å². The van der Waals surface area contributed by atoms with Crippen LogP contribution in [0.3, 0.4) is 0 Å². The molecule has 0 bridgehead atoms. The Labute approximate surface area is 134 Å². The molecule has 1 aliphatic rings. The Hall–Kier alpha value is -1.95. The molecular formula is C16H20N4OS. The van der Waals surface area contributed by atoms with E-state index in [1.165, 1.54) is 5.56 Å². The van der Waals surface area contributed by atoms with Crippen LogP contribution in [0.4, 0.5) is 5.82 Å². The third-order valence-corrected chi connectivity index (χ3v) is 4.75. The fraction of sp³-hybridized carbons (Fsp3) is 0.438. The first-order valence-corrected chi connectivity index (χ1v) is 8.45. The smallest absolute Gasteiger partial charge is 0.227 e. The zero-order valence-corrected chi connectivity index (χ0v) is 13.5. The van der Waals surface area contributed by atoms with Gasteiger partial charge in [-0.05, 0) is 35.2 Å². The number of hydrogen-bond acceptors (Lipinski definition) is 5. The summed E-state index contributed by atoms with van der Waals surface area (Å²) in [5, 5.41) is 4.14. The van der Waals surface area contributed by atoms with Crippen LogP contribution in [-0.4, -0.2) is 40.9 Å². The molecule has 2 aromatic heterocycles. The van der Waals surface area contributed by atoms with Crippen LogP contribution in [0.2, 0.25) is 0 Å². The second-order valence-corrected chi connectivity index (χ2v) is 6.45. The number of anilines is 1. The average molecular weight is 316 g/mol. The highest BCUT2D eigenvalue weighted by Crippen LogP contribution is 2.23. The minimum atomic E-state index is 0.0411. The van der Waals surface area contributed by atoms with E-state index < -0.39 is 0 Å².